The second-order valence-corrected chi connectivity index (χ2v) is 6.22. The van der Waals surface area contributed by atoms with Gasteiger partial charge in [0.2, 0.25) is 5.91 Å². The molecule has 0 radical (unpaired) electrons. The Morgan fingerprint density at radius 1 is 1.38 bits per heavy atom. The number of carboxylic acid groups (broad SMARTS) is 1. The summed E-state index contributed by atoms with van der Waals surface area (Å²) in [6, 6.07) is 0.368. The number of carboxylic acids is 1. The van der Waals surface area contributed by atoms with Crippen LogP contribution in [0.4, 0.5) is 0 Å². The number of nitrogens with zero attached hydrogens (tertiary/aromatic N) is 1. The number of aliphatic carboxylic acids is 1. The molecular formula is C15H26N2O4. The molecular weight excluding hydrogens is 272 g/mol. The Labute approximate surface area is 125 Å². The lowest BCUT2D eigenvalue weighted by Gasteiger charge is -2.57. The Kier molecular flexibility index (Phi) is 5.22. The smallest absolute Gasteiger partial charge is 0.322 e. The lowest BCUT2D eigenvalue weighted by molar-refractivity contribution is -0.163. The summed E-state index contributed by atoms with van der Waals surface area (Å²) < 4.78 is 5.87. The van der Waals surface area contributed by atoms with Crippen LogP contribution in [0.25, 0.3) is 0 Å². The molecule has 0 heterocycles. The molecule has 0 aromatic rings. The second kappa shape index (κ2) is 6.75. The Morgan fingerprint density at radius 2 is 2.05 bits per heavy atom. The third-order valence-electron chi connectivity index (χ3n) is 5.01. The molecule has 2 saturated carbocycles. The van der Waals surface area contributed by atoms with Crippen molar-refractivity contribution in [2.75, 3.05) is 26.7 Å². The number of nitrogens with one attached hydrogen (secondary N) is 1. The van der Waals surface area contributed by atoms with Crippen LogP contribution in [0.3, 0.4) is 0 Å². The fourth-order valence-electron chi connectivity index (χ4n) is 4.04. The first-order valence-corrected chi connectivity index (χ1v) is 7.80. The van der Waals surface area contributed by atoms with Crippen molar-refractivity contribution < 1.29 is 19.4 Å². The minimum atomic E-state index is -1.02. The SMILES string of the molecule is CCOC1CC(N(C)CC(=O)NCC(=O)O)C12CCCC2. The summed E-state index contributed by atoms with van der Waals surface area (Å²) >= 11 is 0. The van der Waals surface area contributed by atoms with Gasteiger partial charge in [0.1, 0.15) is 6.54 Å². The number of hydrogen-bond acceptors (Lipinski definition) is 4. The summed E-state index contributed by atoms with van der Waals surface area (Å²) in [6.07, 6.45) is 6.10. The average Bonchev–Trinajstić information content (AvgIpc) is 2.92. The third kappa shape index (κ3) is 3.37. The number of amides is 1. The van der Waals surface area contributed by atoms with Crippen molar-refractivity contribution in [1.29, 1.82) is 0 Å². The fourth-order valence-corrected chi connectivity index (χ4v) is 4.04. The first-order chi connectivity index (χ1) is 9.99. The summed E-state index contributed by atoms with van der Waals surface area (Å²) in [4.78, 5) is 24.3. The highest BCUT2D eigenvalue weighted by Gasteiger charge is 2.57. The van der Waals surface area contributed by atoms with Gasteiger partial charge in [-0.05, 0) is 33.2 Å². The summed E-state index contributed by atoms with van der Waals surface area (Å²) in [5.41, 5.74) is 0.206. The van der Waals surface area contributed by atoms with Crippen molar-refractivity contribution in [2.24, 2.45) is 5.41 Å². The molecule has 21 heavy (non-hydrogen) atoms. The van der Waals surface area contributed by atoms with Crippen LogP contribution in [0.1, 0.15) is 39.0 Å². The van der Waals surface area contributed by atoms with E-state index in [0.29, 0.717) is 12.1 Å². The fraction of sp³-hybridized carbons (Fsp3) is 0.867. The van der Waals surface area contributed by atoms with E-state index in [1.54, 1.807) is 0 Å². The molecule has 2 aliphatic rings. The molecule has 6 heteroatoms. The zero-order valence-electron chi connectivity index (χ0n) is 12.9. The summed E-state index contributed by atoms with van der Waals surface area (Å²) in [6.45, 7) is 2.70. The quantitative estimate of drug-likeness (QED) is 0.729. The Bertz CT molecular complexity index is 393. The molecule has 0 aromatic heterocycles. The van der Waals surface area contributed by atoms with Crippen molar-refractivity contribution in [3.8, 4) is 0 Å². The van der Waals surface area contributed by atoms with Crippen LogP contribution in [0, 0.1) is 5.41 Å². The van der Waals surface area contributed by atoms with Gasteiger partial charge in [0, 0.05) is 18.1 Å². The van der Waals surface area contributed by atoms with E-state index in [2.05, 4.69) is 10.2 Å². The maximum Gasteiger partial charge on any atom is 0.322 e. The summed E-state index contributed by atoms with van der Waals surface area (Å²) in [5.74, 6) is -1.24. The number of ether oxygens (including phenoxy) is 1. The molecule has 0 aliphatic heterocycles. The van der Waals surface area contributed by atoms with Crippen molar-refractivity contribution >= 4 is 11.9 Å². The zero-order chi connectivity index (χ0) is 15.5. The van der Waals surface area contributed by atoms with Gasteiger partial charge in [0.05, 0.1) is 12.6 Å². The van der Waals surface area contributed by atoms with Gasteiger partial charge in [0.25, 0.3) is 0 Å². The van der Waals surface area contributed by atoms with Crippen LogP contribution in [0.2, 0.25) is 0 Å². The van der Waals surface area contributed by atoms with Gasteiger partial charge in [-0.3, -0.25) is 14.5 Å². The molecule has 0 saturated heterocycles. The third-order valence-corrected chi connectivity index (χ3v) is 5.01. The highest BCUT2D eigenvalue weighted by molar-refractivity contribution is 5.82. The number of carbonyl (C=O) groups excluding carboxylic acids is 1. The minimum Gasteiger partial charge on any atom is -0.480 e. The van der Waals surface area contributed by atoms with Gasteiger partial charge in [-0.15, -0.1) is 0 Å². The monoisotopic (exact) mass is 298 g/mol. The van der Waals surface area contributed by atoms with Crippen LogP contribution in [-0.4, -0.2) is 60.8 Å². The molecule has 2 aliphatic carbocycles. The van der Waals surface area contributed by atoms with Crippen molar-refractivity contribution in [1.82, 2.24) is 10.2 Å². The van der Waals surface area contributed by atoms with E-state index in [4.69, 9.17) is 9.84 Å². The van der Waals surface area contributed by atoms with E-state index in [1.807, 2.05) is 14.0 Å². The Morgan fingerprint density at radius 3 is 2.62 bits per heavy atom. The number of rotatable bonds is 7. The molecule has 2 fully saturated rings. The maximum absolute atomic E-state index is 11.8. The molecule has 120 valence electrons. The highest BCUT2D eigenvalue weighted by Crippen LogP contribution is 2.56. The van der Waals surface area contributed by atoms with E-state index in [1.165, 1.54) is 25.7 Å². The van der Waals surface area contributed by atoms with Crippen LogP contribution < -0.4 is 5.32 Å². The predicted octanol–water partition coefficient (Wildman–Crippen LogP) is 0.857. The molecule has 0 aromatic carbocycles. The molecule has 1 amide bonds. The Hall–Kier alpha value is -1.14. The van der Waals surface area contributed by atoms with Crippen molar-refractivity contribution in [2.45, 2.75) is 51.2 Å². The summed E-state index contributed by atoms with van der Waals surface area (Å²) in [7, 11) is 1.95. The molecule has 0 bridgehead atoms. The Balaban J connectivity index is 1.89. The molecule has 2 unspecified atom stereocenters. The number of hydrogen-bond donors (Lipinski definition) is 2. The van der Waals surface area contributed by atoms with Gasteiger partial charge in [0.15, 0.2) is 0 Å². The van der Waals surface area contributed by atoms with E-state index < -0.39 is 5.97 Å². The predicted molar refractivity (Wildman–Crippen MR) is 78.0 cm³/mol. The number of likely N-dealkylation sites (N-methyl/N-ethyl adjacent to an activating group) is 1. The van der Waals surface area contributed by atoms with Gasteiger partial charge in [-0.25, -0.2) is 0 Å². The molecule has 1 spiro atoms. The first-order valence-electron chi connectivity index (χ1n) is 7.80. The van der Waals surface area contributed by atoms with E-state index in [-0.39, 0.29) is 24.4 Å². The van der Waals surface area contributed by atoms with Crippen LogP contribution >= 0.6 is 0 Å². The van der Waals surface area contributed by atoms with Gasteiger partial charge >= 0.3 is 5.97 Å². The van der Waals surface area contributed by atoms with E-state index in [9.17, 15) is 9.59 Å². The second-order valence-electron chi connectivity index (χ2n) is 6.22. The van der Waals surface area contributed by atoms with Crippen LogP contribution in [-0.2, 0) is 14.3 Å². The summed E-state index contributed by atoms with van der Waals surface area (Å²) in [5, 5.41) is 11.0. The maximum atomic E-state index is 11.8. The van der Waals surface area contributed by atoms with E-state index in [0.717, 1.165) is 13.0 Å². The van der Waals surface area contributed by atoms with Gasteiger partial charge in [-0.2, -0.15) is 0 Å². The molecule has 2 rings (SSSR count). The molecule has 6 nitrogen and oxygen atoms in total. The molecule has 2 atom stereocenters. The van der Waals surface area contributed by atoms with Crippen LogP contribution in [0.15, 0.2) is 0 Å². The zero-order valence-corrected chi connectivity index (χ0v) is 12.9. The topological polar surface area (TPSA) is 78.9 Å². The van der Waals surface area contributed by atoms with Gasteiger partial charge < -0.3 is 15.2 Å². The van der Waals surface area contributed by atoms with Crippen LogP contribution in [0.5, 0.6) is 0 Å². The highest BCUT2D eigenvalue weighted by atomic mass is 16.5. The average molecular weight is 298 g/mol. The molecule has 2 N–H and O–H groups in total. The largest absolute Gasteiger partial charge is 0.480 e. The minimum absolute atomic E-state index is 0.206. The van der Waals surface area contributed by atoms with Crippen molar-refractivity contribution in [3.63, 3.8) is 0 Å². The lowest BCUT2D eigenvalue weighted by atomic mass is 9.60. The lowest BCUT2D eigenvalue weighted by Crippen LogP contribution is -2.63. The van der Waals surface area contributed by atoms with Gasteiger partial charge in [-0.1, -0.05) is 12.8 Å². The van der Waals surface area contributed by atoms with E-state index >= 15 is 0 Å². The van der Waals surface area contributed by atoms with Crippen molar-refractivity contribution in [3.05, 3.63) is 0 Å². The normalized spacial score (nSPS) is 26.8. The first kappa shape index (κ1) is 16.2. The number of carbonyl (C=O) groups is 2. The standard InChI is InChI=1S/C15H26N2O4/c1-3-21-12-8-11(15(12)6-4-5-7-15)17(2)10-13(18)16-9-14(19)20/h11-12H,3-10H2,1-2H3,(H,16,18)(H,19,20).